The number of carbonyl (C=O) groups excluding carboxylic acids is 4. The number of hydrogen-bond donors (Lipinski definition) is 6. The number of ether oxygens (including phenoxy) is 1. The molecule has 0 aromatic heterocycles. The molecule has 2 atom stereocenters. The Balaban J connectivity index is 2.81. The number of imide groups is 1. The van der Waals surface area contributed by atoms with Crippen molar-refractivity contribution in [2.75, 3.05) is 18.4 Å². The molecule has 0 fully saturated rings. The number of nitro groups is 1. The Bertz CT molecular complexity index is 1060. The van der Waals surface area contributed by atoms with E-state index in [0.29, 0.717) is 18.5 Å². The van der Waals surface area contributed by atoms with Gasteiger partial charge in [0, 0.05) is 24.4 Å². The van der Waals surface area contributed by atoms with E-state index in [1.807, 2.05) is 13.8 Å². The van der Waals surface area contributed by atoms with Gasteiger partial charge in [0.2, 0.25) is 17.7 Å². The summed E-state index contributed by atoms with van der Waals surface area (Å²) in [6.07, 6.45) is 0.125. The van der Waals surface area contributed by atoms with Crippen molar-refractivity contribution in [3.8, 4) is 0 Å². The minimum Gasteiger partial charge on any atom is -0.444 e. The number of nitrogens with two attached hydrogens (primary N) is 2. The molecule has 0 saturated carbocycles. The highest BCUT2D eigenvalue weighted by Crippen LogP contribution is 2.17. The van der Waals surface area contributed by atoms with Gasteiger partial charge in [-0.15, -0.1) is 0 Å². The van der Waals surface area contributed by atoms with Crippen molar-refractivity contribution >= 4 is 41.1 Å². The molecule has 15 heteroatoms. The van der Waals surface area contributed by atoms with Gasteiger partial charge in [-0.2, -0.15) is 0 Å². The van der Waals surface area contributed by atoms with Crippen LogP contribution in [-0.2, 0) is 19.1 Å². The van der Waals surface area contributed by atoms with E-state index in [-0.39, 0.29) is 30.5 Å². The van der Waals surface area contributed by atoms with Crippen molar-refractivity contribution in [3.05, 3.63) is 34.4 Å². The quantitative estimate of drug-likeness (QED) is 0.0619. The summed E-state index contributed by atoms with van der Waals surface area (Å²) in [5, 5.41) is 21.0. The average molecular weight is 565 g/mol. The summed E-state index contributed by atoms with van der Waals surface area (Å²) in [5.74, 6) is -2.13. The lowest BCUT2D eigenvalue weighted by molar-refractivity contribution is -0.384. The lowest BCUT2D eigenvalue weighted by atomic mass is 10.0. The summed E-state index contributed by atoms with van der Waals surface area (Å²) in [6, 6.07) is 3.54. The third kappa shape index (κ3) is 13.9. The molecule has 0 spiro atoms. The van der Waals surface area contributed by atoms with Crippen LogP contribution in [0.3, 0.4) is 0 Å². The second-order valence-corrected chi connectivity index (χ2v) is 10.4. The molecule has 0 heterocycles. The van der Waals surface area contributed by atoms with Gasteiger partial charge >= 0.3 is 6.09 Å². The topological polar surface area (TPSA) is 233 Å². The highest BCUT2D eigenvalue weighted by Gasteiger charge is 2.26. The molecule has 0 radical (unpaired) electrons. The average Bonchev–Trinajstić information content (AvgIpc) is 2.82. The fraction of sp³-hybridized carbons (Fsp3) is 0.560. The molecule has 8 N–H and O–H groups in total. The number of nitrogens with one attached hydrogen (secondary N) is 4. The molecule has 40 heavy (non-hydrogen) atoms. The van der Waals surface area contributed by atoms with Crippen LogP contribution < -0.4 is 32.7 Å². The second-order valence-electron chi connectivity index (χ2n) is 10.4. The van der Waals surface area contributed by atoms with Crippen LogP contribution in [0.15, 0.2) is 29.3 Å². The minimum absolute atomic E-state index is 0.0475. The van der Waals surface area contributed by atoms with E-state index in [4.69, 9.17) is 16.2 Å². The highest BCUT2D eigenvalue weighted by atomic mass is 16.6. The number of amides is 4. The third-order valence-electron chi connectivity index (χ3n) is 5.08. The van der Waals surface area contributed by atoms with Crippen molar-refractivity contribution in [3.63, 3.8) is 0 Å². The number of nitro benzene ring substituents is 1. The molecule has 222 valence electrons. The number of carbonyl (C=O) groups is 4. The maximum Gasteiger partial charge on any atom is 0.408 e. The number of rotatable bonds is 14. The lowest BCUT2D eigenvalue weighted by Crippen LogP contribution is -2.51. The molecule has 0 aliphatic rings. The van der Waals surface area contributed by atoms with E-state index < -0.39 is 53.0 Å². The molecule has 0 aliphatic carbocycles. The molecule has 1 rings (SSSR count). The molecule has 4 amide bonds. The van der Waals surface area contributed by atoms with Crippen LogP contribution in [0.5, 0.6) is 0 Å². The molecule has 1 aromatic rings. The Hall–Kier alpha value is -4.43. The summed E-state index contributed by atoms with van der Waals surface area (Å²) in [4.78, 5) is 64.5. The van der Waals surface area contributed by atoms with Crippen molar-refractivity contribution < 1.29 is 28.8 Å². The van der Waals surface area contributed by atoms with E-state index in [1.54, 1.807) is 20.8 Å². The van der Waals surface area contributed by atoms with Crippen LogP contribution in [0.1, 0.15) is 53.9 Å². The zero-order chi connectivity index (χ0) is 30.5. The minimum atomic E-state index is -0.953. The van der Waals surface area contributed by atoms with Crippen LogP contribution in [0.2, 0.25) is 0 Å². The fourth-order valence-corrected chi connectivity index (χ4v) is 3.36. The number of benzene rings is 1. The SMILES string of the molecule is CC(C)C[C@H](NC(=O)OC(C)(C)C)C(=O)NCC(=O)NC(=O)[C@H](CCCN=C(N)N)Nc1ccc([N+](=O)[O-])cc1. The predicted octanol–water partition coefficient (Wildman–Crippen LogP) is 1.13. The molecule has 0 bridgehead atoms. The summed E-state index contributed by atoms with van der Waals surface area (Å²) in [5.41, 5.74) is 10.2. The summed E-state index contributed by atoms with van der Waals surface area (Å²) < 4.78 is 5.21. The van der Waals surface area contributed by atoms with Crippen molar-refractivity contribution in [2.45, 2.75) is 71.6 Å². The van der Waals surface area contributed by atoms with Crippen LogP contribution in [0.4, 0.5) is 16.2 Å². The van der Waals surface area contributed by atoms with Gasteiger partial charge < -0.3 is 32.2 Å². The van der Waals surface area contributed by atoms with Gasteiger partial charge in [-0.25, -0.2) is 4.79 Å². The molecule has 0 saturated heterocycles. The van der Waals surface area contributed by atoms with E-state index in [2.05, 4.69) is 26.3 Å². The van der Waals surface area contributed by atoms with Gasteiger partial charge in [0.1, 0.15) is 17.7 Å². The van der Waals surface area contributed by atoms with Crippen LogP contribution in [-0.4, -0.2) is 65.5 Å². The van der Waals surface area contributed by atoms with Gasteiger partial charge in [-0.1, -0.05) is 13.8 Å². The van der Waals surface area contributed by atoms with Crippen LogP contribution >= 0.6 is 0 Å². The zero-order valence-corrected chi connectivity index (χ0v) is 23.5. The number of aliphatic imine (C=N–C) groups is 1. The number of guanidine groups is 1. The Morgan fingerprint density at radius 2 is 1.68 bits per heavy atom. The maximum absolute atomic E-state index is 12.9. The second kappa shape index (κ2) is 15.9. The normalized spacial score (nSPS) is 12.4. The number of non-ortho nitro benzene ring substituents is 1. The highest BCUT2D eigenvalue weighted by molar-refractivity contribution is 6.00. The van der Waals surface area contributed by atoms with E-state index >= 15 is 0 Å². The van der Waals surface area contributed by atoms with Gasteiger partial charge in [-0.05, 0) is 58.1 Å². The van der Waals surface area contributed by atoms with E-state index in [9.17, 15) is 29.3 Å². The molecular weight excluding hydrogens is 524 g/mol. The van der Waals surface area contributed by atoms with Crippen molar-refractivity contribution in [1.29, 1.82) is 0 Å². The van der Waals surface area contributed by atoms with Gasteiger partial charge in [0.05, 0.1) is 11.5 Å². The number of nitrogens with zero attached hydrogens (tertiary/aromatic N) is 2. The smallest absolute Gasteiger partial charge is 0.408 e. The Kier molecular flexibility index (Phi) is 13.3. The molecular formula is C25H40N8O7. The first kappa shape index (κ1) is 33.6. The standard InChI is InChI=1S/C25H40N8O7/c1-15(2)13-19(31-24(37)40-25(3,4)5)21(35)29-14-20(34)32-22(36)18(7-6-12-28-23(26)27)30-16-8-10-17(11-9-16)33(38)39/h8-11,15,18-19,30H,6-7,12-14H2,1-5H3,(H,29,35)(H,31,37)(H4,26,27,28)(H,32,34,36)/t18-,19-/m0/s1. The van der Waals surface area contributed by atoms with Crippen molar-refractivity contribution in [1.82, 2.24) is 16.0 Å². The summed E-state index contributed by atoms with van der Waals surface area (Å²) >= 11 is 0. The largest absolute Gasteiger partial charge is 0.444 e. The maximum atomic E-state index is 12.9. The molecule has 15 nitrogen and oxygen atoms in total. The summed E-state index contributed by atoms with van der Waals surface area (Å²) in [7, 11) is 0. The van der Waals surface area contributed by atoms with Gasteiger partial charge in [0.15, 0.2) is 5.96 Å². The Labute approximate surface area is 233 Å². The fourth-order valence-electron chi connectivity index (χ4n) is 3.36. The first-order chi connectivity index (χ1) is 18.6. The number of anilines is 1. The first-order valence-electron chi connectivity index (χ1n) is 12.7. The van der Waals surface area contributed by atoms with Crippen LogP contribution in [0, 0.1) is 16.0 Å². The van der Waals surface area contributed by atoms with E-state index in [0.717, 1.165) is 0 Å². The molecule has 1 aromatic carbocycles. The third-order valence-corrected chi connectivity index (χ3v) is 5.08. The zero-order valence-electron chi connectivity index (χ0n) is 23.5. The van der Waals surface area contributed by atoms with Crippen molar-refractivity contribution in [2.24, 2.45) is 22.4 Å². The first-order valence-corrected chi connectivity index (χ1v) is 12.7. The molecule has 0 unspecified atom stereocenters. The Morgan fingerprint density at radius 1 is 1.05 bits per heavy atom. The van der Waals surface area contributed by atoms with E-state index in [1.165, 1.54) is 24.3 Å². The number of hydrogen-bond acceptors (Lipinski definition) is 9. The van der Waals surface area contributed by atoms with Crippen LogP contribution in [0.25, 0.3) is 0 Å². The summed E-state index contributed by atoms with van der Waals surface area (Å²) in [6.45, 7) is 8.52. The lowest BCUT2D eigenvalue weighted by Gasteiger charge is -2.24. The van der Waals surface area contributed by atoms with Gasteiger partial charge in [-0.3, -0.25) is 34.8 Å². The predicted molar refractivity (Wildman–Crippen MR) is 149 cm³/mol. The number of alkyl carbamates (subject to hydrolysis) is 1. The monoisotopic (exact) mass is 564 g/mol. The molecule has 0 aliphatic heterocycles. The van der Waals surface area contributed by atoms with Gasteiger partial charge in [0.25, 0.3) is 5.69 Å². The Morgan fingerprint density at radius 3 is 2.20 bits per heavy atom.